The fourth-order valence-electron chi connectivity index (χ4n) is 3.69. The predicted molar refractivity (Wildman–Crippen MR) is 94.0 cm³/mol. The average Bonchev–Trinajstić information content (AvgIpc) is 2.60. The zero-order chi connectivity index (χ0) is 20.6. The molecule has 1 aliphatic carbocycles. The van der Waals surface area contributed by atoms with Gasteiger partial charge in [0.1, 0.15) is 22.7 Å². The Morgan fingerprint density at radius 1 is 1.29 bits per heavy atom. The number of nitrogens with one attached hydrogen (secondary N) is 2. The van der Waals surface area contributed by atoms with E-state index < -0.39 is 53.0 Å². The molecule has 1 saturated carbocycles. The maximum atomic E-state index is 14.6. The van der Waals surface area contributed by atoms with Gasteiger partial charge >= 0.3 is 6.03 Å². The van der Waals surface area contributed by atoms with Gasteiger partial charge in [-0.3, -0.25) is 4.79 Å². The molecule has 2 atom stereocenters. The van der Waals surface area contributed by atoms with E-state index in [0.717, 1.165) is 12.1 Å². The highest BCUT2D eigenvalue weighted by molar-refractivity contribution is 6.31. The van der Waals surface area contributed by atoms with Crippen LogP contribution >= 0.6 is 11.6 Å². The molecule has 1 saturated heterocycles. The van der Waals surface area contributed by atoms with Gasteiger partial charge in [-0.2, -0.15) is 0 Å². The van der Waals surface area contributed by atoms with Crippen LogP contribution in [0.15, 0.2) is 12.1 Å². The Hall–Kier alpha value is -2.03. The fourth-order valence-corrected chi connectivity index (χ4v) is 3.87. The third-order valence-electron chi connectivity index (χ3n) is 5.48. The summed E-state index contributed by atoms with van der Waals surface area (Å²) in [5.41, 5.74) is -0.0634. The lowest BCUT2D eigenvalue weighted by Gasteiger charge is -2.42. The van der Waals surface area contributed by atoms with Crippen molar-refractivity contribution in [2.24, 2.45) is 11.8 Å². The van der Waals surface area contributed by atoms with E-state index in [1.165, 1.54) is 4.90 Å². The molecule has 2 aliphatic rings. The van der Waals surface area contributed by atoms with Gasteiger partial charge < -0.3 is 15.5 Å². The minimum absolute atomic E-state index is 0.0634. The van der Waals surface area contributed by atoms with Crippen LogP contribution < -0.4 is 10.6 Å². The first kappa shape index (κ1) is 20.7. The molecule has 1 aliphatic heterocycles. The van der Waals surface area contributed by atoms with Crippen molar-refractivity contribution in [1.29, 1.82) is 0 Å². The number of hydrogen-bond acceptors (Lipinski definition) is 2. The van der Waals surface area contributed by atoms with Crippen molar-refractivity contribution in [2.45, 2.75) is 38.3 Å². The number of benzene rings is 1. The Kier molecular flexibility index (Phi) is 6.02. The maximum Gasteiger partial charge on any atom is 0.318 e. The molecule has 0 spiro atoms. The second-order valence-corrected chi connectivity index (χ2v) is 7.56. The van der Waals surface area contributed by atoms with E-state index in [9.17, 15) is 27.2 Å². The van der Waals surface area contributed by atoms with Gasteiger partial charge in [0, 0.05) is 24.6 Å². The number of piperazine rings is 1. The third kappa shape index (κ3) is 3.90. The lowest BCUT2D eigenvalue weighted by Crippen LogP contribution is -2.59. The first-order chi connectivity index (χ1) is 13.2. The van der Waals surface area contributed by atoms with Crippen LogP contribution in [0.4, 0.5) is 22.4 Å². The molecule has 5 nitrogen and oxygen atoms in total. The minimum Gasteiger partial charge on any atom is -0.353 e. The number of urea groups is 1. The van der Waals surface area contributed by atoms with Crippen LogP contribution in [-0.2, 0) is 4.79 Å². The van der Waals surface area contributed by atoms with Crippen LogP contribution in [0, 0.1) is 23.5 Å². The Labute approximate surface area is 164 Å². The molecule has 2 fully saturated rings. The summed E-state index contributed by atoms with van der Waals surface area (Å²) in [5, 5.41) is 4.55. The zero-order valence-electron chi connectivity index (χ0n) is 15.0. The summed E-state index contributed by atoms with van der Waals surface area (Å²) in [6.45, 7) is 2.08. The Bertz CT molecular complexity index is 773. The summed E-state index contributed by atoms with van der Waals surface area (Å²) in [6.07, 6.45) is -2.32. The van der Waals surface area contributed by atoms with E-state index in [0.29, 0.717) is 0 Å². The van der Waals surface area contributed by atoms with Gasteiger partial charge in [0.25, 0.3) is 0 Å². The van der Waals surface area contributed by atoms with Gasteiger partial charge in [-0.15, -0.1) is 0 Å². The van der Waals surface area contributed by atoms with E-state index in [2.05, 4.69) is 10.6 Å². The number of nitrogens with zero attached hydrogens (tertiary/aromatic N) is 1. The van der Waals surface area contributed by atoms with Crippen LogP contribution in [0.2, 0.25) is 5.02 Å². The first-order valence-electron chi connectivity index (χ1n) is 8.97. The normalized spacial score (nSPS) is 25.9. The van der Waals surface area contributed by atoms with E-state index >= 15 is 0 Å². The Morgan fingerprint density at radius 2 is 1.96 bits per heavy atom. The van der Waals surface area contributed by atoms with Gasteiger partial charge in [0.05, 0.1) is 6.04 Å². The molecule has 1 aromatic carbocycles. The topological polar surface area (TPSA) is 61.4 Å². The smallest absolute Gasteiger partial charge is 0.318 e. The molecule has 3 amide bonds. The van der Waals surface area contributed by atoms with Crippen molar-refractivity contribution in [3.8, 4) is 0 Å². The SMILES string of the molecule is C[C@@H]1C(=O)NCCN1C(=O)NC(c1ccc(F)c(Cl)c1F)C1CC(C(F)F)C1. The molecule has 154 valence electrons. The summed E-state index contributed by atoms with van der Waals surface area (Å²) >= 11 is 5.65. The molecule has 1 unspecified atom stereocenters. The van der Waals surface area contributed by atoms with E-state index in [-0.39, 0.29) is 37.4 Å². The molecule has 0 radical (unpaired) electrons. The standard InChI is InChI=1S/C18H20ClF4N3O2/c1-8-17(27)24-4-5-26(8)18(28)25-15(9-6-10(7-9)16(22)23)11-2-3-12(20)13(19)14(11)21/h2-3,8-10,15-16H,4-7H2,1H3,(H,24,27)(H,25,28)/t8-,9?,10?,15?/m1/s1. The van der Waals surface area contributed by atoms with Gasteiger partial charge in [-0.05, 0) is 31.7 Å². The number of carbonyl (C=O) groups excluding carboxylic acids is 2. The number of amides is 3. The zero-order valence-corrected chi connectivity index (χ0v) is 15.8. The highest BCUT2D eigenvalue weighted by atomic mass is 35.5. The highest BCUT2D eigenvalue weighted by Crippen LogP contribution is 2.46. The van der Waals surface area contributed by atoms with Crippen molar-refractivity contribution in [1.82, 2.24) is 15.5 Å². The molecule has 3 rings (SSSR count). The number of halogens is 5. The molecule has 28 heavy (non-hydrogen) atoms. The molecule has 10 heteroatoms. The molecular formula is C18H20ClF4N3O2. The second-order valence-electron chi connectivity index (χ2n) is 7.18. The van der Waals surface area contributed by atoms with Gasteiger partial charge in [-0.1, -0.05) is 17.7 Å². The average molecular weight is 422 g/mol. The van der Waals surface area contributed by atoms with Gasteiger partial charge in [0.2, 0.25) is 12.3 Å². The number of hydrogen-bond donors (Lipinski definition) is 2. The van der Waals surface area contributed by atoms with Crippen molar-refractivity contribution in [2.75, 3.05) is 13.1 Å². The largest absolute Gasteiger partial charge is 0.353 e. The minimum atomic E-state index is -2.50. The molecule has 0 aromatic heterocycles. The lowest BCUT2D eigenvalue weighted by molar-refractivity contribution is -0.127. The Morgan fingerprint density at radius 3 is 2.61 bits per heavy atom. The van der Waals surface area contributed by atoms with Crippen LogP contribution in [0.5, 0.6) is 0 Å². The molecule has 2 N–H and O–H groups in total. The van der Waals surface area contributed by atoms with Crippen LogP contribution in [-0.4, -0.2) is 42.4 Å². The van der Waals surface area contributed by atoms with Crippen LogP contribution in [0.1, 0.15) is 31.4 Å². The van der Waals surface area contributed by atoms with Crippen molar-refractivity contribution in [3.05, 3.63) is 34.4 Å². The van der Waals surface area contributed by atoms with E-state index in [1.807, 2.05) is 0 Å². The van der Waals surface area contributed by atoms with Crippen LogP contribution in [0.3, 0.4) is 0 Å². The first-order valence-corrected chi connectivity index (χ1v) is 9.34. The number of rotatable bonds is 4. The Balaban J connectivity index is 1.84. The van der Waals surface area contributed by atoms with Gasteiger partial charge in [0.15, 0.2) is 0 Å². The molecular weight excluding hydrogens is 402 g/mol. The summed E-state index contributed by atoms with van der Waals surface area (Å²) in [5.74, 6) is -3.59. The summed E-state index contributed by atoms with van der Waals surface area (Å²) < 4.78 is 53.9. The molecule has 1 heterocycles. The highest BCUT2D eigenvalue weighted by Gasteiger charge is 2.43. The number of carbonyl (C=O) groups is 2. The third-order valence-corrected chi connectivity index (χ3v) is 5.82. The summed E-state index contributed by atoms with van der Waals surface area (Å²) in [4.78, 5) is 25.8. The van der Waals surface area contributed by atoms with Crippen molar-refractivity contribution in [3.63, 3.8) is 0 Å². The quantitative estimate of drug-likeness (QED) is 0.577. The summed E-state index contributed by atoms with van der Waals surface area (Å²) in [6, 6.07) is -0.180. The molecule has 1 aromatic rings. The molecule has 0 bridgehead atoms. The van der Waals surface area contributed by atoms with E-state index in [4.69, 9.17) is 11.6 Å². The van der Waals surface area contributed by atoms with Crippen LogP contribution in [0.25, 0.3) is 0 Å². The fraction of sp³-hybridized carbons (Fsp3) is 0.556. The van der Waals surface area contributed by atoms with E-state index in [1.54, 1.807) is 6.92 Å². The van der Waals surface area contributed by atoms with Crippen molar-refractivity contribution >= 4 is 23.5 Å². The lowest BCUT2D eigenvalue weighted by atomic mass is 9.69. The monoisotopic (exact) mass is 421 g/mol. The van der Waals surface area contributed by atoms with Crippen molar-refractivity contribution < 1.29 is 27.2 Å². The maximum absolute atomic E-state index is 14.6. The predicted octanol–water partition coefficient (Wildman–Crippen LogP) is 3.48. The second kappa shape index (κ2) is 8.14. The van der Waals surface area contributed by atoms with Gasteiger partial charge in [-0.25, -0.2) is 22.4 Å². The number of alkyl halides is 2. The summed E-state index contributed by atoms with van der Waals surface area (Å²) in [7, 11) is 0.